The van der Waals surface area contributed by atoms with Crippen molar-refractivity contribution in [3.05, 3.63) is 47.8 Å². The quantitative estimate of drug-likeness (QED) is 0.874. The van der Waals surface area contributed by atoms with E-state index in [9.17, 15) is 4.79 Å². The summed E-state index contributed by atoms with van der Waals surface area (Å²) in [6.07, 6.45) is 1.78. The van der Waals surface area contributed by atoms with Gasteiger partial charge >= 0.3 is 0 Å². The lowest BCUT2D eigenvalue weighted by atomic mass is 10.1. The van der Waals surface area contributed by atoms with Gasteiger partial charge in [0.2, 0.25) is 0 Å². The minimum Gasteiger partial charge on any atom is -0.354 e. The zero-order chi connectivity index (χ0) is 13.8. The van der Waals surface area contributed by atoms with Crippen molar-refractivity contribution in [2.75, 3.05) is 14.1 Å². The minimum atomic E-state index is -0.181. The first-order valence-corrected chi connectivity index (χ1v) is 6.21. The summed E-state index contributed by atoms with van der Waals surface area (Å²) < 4.78 is 1.69. The number of hydrogen-bond donors (Lipinski definition) is 2. The zero-order valence-corrected chi connectivity index (χ0v) is 11.3. The van der Waals surface area contributed by atoms with Crippen molar-refractivity contribution in [1.82, 2.24) is 20.4 Å². The van der Waals surface area contributed by atoms with E-state index in [1.54, 1.807) is 24.0 Å². The molecule has 0 saturated heterocycles. The number of aromatic nitrogens is 2. The molecule has 5 nitrogen and oxygen atoms in total. The highest BCUT2D eigenvalue weighted by atomic mass is 16.1. The molecule has 100 valence electrons. The molecule has 0 aliphatic carbocycles. The van der Waals surface area contributed by atoms with Crippen molar-refractivity contribution >= 4 is 5.91 Å². The van der Waals surface area contributed by atoms with Gasteiger partial charge in [-0.25, -0.2) is 4.68 Å². The number of nitrogens with one attached hydrogen (secondary N) is 2. The van der Waals surface area contributed by atoms with E-state index in [0.717, 1.165) is 5.69 Å². The average molecular weight is 258 g/mol. The fourth-order valence-corrected chi connectivity index (χ4v) is 1.80. The highest BCUT2D eigenvalue weighted by Crippen LogP contribution is 2.15. The molecule has 1 atom stereocenters. The van der Waals surface area contributed by atoms with E-state index in [0.29, 0.717) is 11.7 Å². The largest absolute Gasteiger partial charge is 0.354 e. The van der Waals surface area contributed by atoms with Gasteiger partial charge in [0.1, 0.15) is 0 Å². The van der Waals surface area contributed by atoms with Crippen LogP contribution in [-0.4, -0.2) is 29.8 Å². The summed E-state index contributed by atoms with van der Waals surface area (Å²) >= 11 is 0. The van der Waals surface area contributed by atoms with Gasteiger partial charge in [0, 0.05) is 19.3 Å². The molecule has 2 N–H and O–H groups in total. The molecule has 1 amide bonds. The maximum Gasteiger partial charge on any atom is 0.271 e. The number of carbonyl (C=O) groups excluding carboxylic acids is 1. The highest BCUT2D eigenvalue weighted by Gasteiger charge is 2.08. The summed E-state index contributed by atoms with van der Waals surface area (Å²) in [6, 6.07) is 10.1. The highest BCUT2D eigenvalue weighted by molar-refractivity contribution is 5.91. The number of nitrogens with zero attached hydrogens (tertiary/aromatic N) is 2. The van der Waals surface area contributed by atoms with Crippen molar-refractivity contribution < 1.29 is 4.79 Å². The third-order valence-corrected chi connectivity index (χ3v) is 3.14. The predicted molar refractivity (Wildman–Crippen MR) is 74.4 cm³/mol. The lowest BCUT2D eigenvalue weighted by Gasteiger charge is -2.11. The summed E-state index contributed by atoms with van der Waals surface area (Å²) in [5, 5.41) is 9.98. The standard InChI is InChI=1S/C14H18N4O/c1-10(15-2)11-4-6-12(7-5-11)18-9-8-13(17-18)14(19)16-3/h4-10,15H,1-3H3,(H,16,19). The lowest BCUT2D eigenvalue weighted by molar-refractivity contribution is 0.0957. The second-order valence-corrected chi connectivity index (χ2v) is 4.33. The third kappa shape index (κ3) is 2.82. The Morgan fingerprint density at radius 2 is 1.89 bits per heavy atom. The van der Waals surface area contributed by atoms with Crippen LogP contribution in [0.15, 0.2) is 36.5 Å². The van der Waals surface area contributed by atoms with Crippen LogP contribution in [0.25, 0.3) is 5.69 Å². The summed E-state index contributed by atoms with van der Waals surface area (Å²) in [7, 11) is 3.52. The minimum absolute atomic E-state index is 0.181. The Kier molecular flexibility index (Phi) is 3.97. The summed E-state index contributed by atoms with van der Waals surface area (Å²) in [5.74, 6) is -0.181. The molecule has 1 unspecified atom stereocenters. The van der Waals surface area contributed by atoms with Gasteiger partial charge in [-0.1, -0.05) is 12.1 Å². The second kappa shape index (κ2) is 5.67. The first-order valence-electron chi connectivity index (χ1n) is 6.21. The molecule has 19 heavy (non-hydrogen) atoms. The van der Waals surface area contributed by atoms with Crippen LogP contribution >= 0.6 is 0 Å². The molecule has 0 aliphatic rings. The molecule has 0 saturated carbocycles. The lowest BCUT2D eigenvalue weighted by Crippen LogP contribution is -2.18. The molecule has 2 rings (SSSR count). The van der Waals surface area contributed by atoms with Crippen LogP contribution in [0.5, 0.6) is 0 Å². The fourth-order valence-electron chi connectivity index (χ4n) is 1.80. The van der Waals surface area contributed by atoms with E-state index < -0.39 is 0 Å². The topological polar surface area (TPSA) is 59.0 Å². The summed E-state index contributed by atoms with van der Waals surface area (Å²) in [4.78, 5) is 11.4. The van der Waals surface area contributed by atoms with Crippen molar-refractivity contribution in [1.29, 1.82) is 0 Å². The third-order valence-electron chi connectivity index (χ3n) is 3.14. The molecule has 5 heteroatoms. The molecular weight excluding hydrogens is 240 g/mol. The molecule has 0 aliphatic heterocycles. The van der Waals surface area contributed by atoms with Crippen molar-refractivity contribution in [3.63, 3.8) is 0 Å². The number of hydrogen-bond acceptors (Lipinski definition) is 3. The van der Waals surface area contributed by atoms with Gasteiger partial charge in [0.25, 0.3) is 5.91 Å². The zero-order valence-electron chi connectivity index (χ0n) is 11.3. The molecule has 1 heterocycles. The SMILES string of the molecule is CNC(=O)c1ccn(-c2ccc(C(C)NC)cc2)n1. The van der Waals surface area contributed by atoms with Crippen LogP contribution in [-0.2, 0) is 0 Å². The van der Waals surface area contributed by atoms with E-state index in [1.165, 1.54) is 5.56 Å². The van der Waals surface area contributed by atoms with E-state index in [4.69, 9.17) is 0 Å². The number of rotatable bonds is 4. The molecule has 0 radical (unpaired) electrons. The molecule has 0 fully saturated rings. The Labute approximate surface area is 112 Å². The molecule has 1 aromatic carbocycles. The molecule has 0 spiro atoms. The Hall–Kier alpha value is -2.14. The molecule has 2 aromatic rings. The van der Waals surface area contributed by atoms with Crippen LogP contribution in [0, 0.1) is 0 Å². The first kappa shape index (κ1) is 13.3. The van der Waals surface area contributed by atoms with Gasteiger partial charge in [-0.15, -0.1) is 0 Å². The summed E-state index contributed by atoms with van der Waals surface area (Å²) in [5.41, 5.74) is 2.56. The Morgan fingerprint density at radius 1 is 1.21 bits per heavy atom. The van der Waals surface area contributed by atoms with Gasteiger partial charge in [-0.3, -0.25) is 4.79 Å². The van der Waals surface area contributed by atoms with Crippen LogP contribution in [0.2, 0.25) is 0 Å². The van der Waals surface area contributed by atoms with Crippen LogP contribution < -0.4 is 10.6 Å². The van der Waals surface area contributed by atoms with Crippen LogP contribution in [0.4, 0.5) is 0 Å². The monoisotopic (exact) mass is 258 g/mol. The molecule has 1 aromatic heterocycles. The maximum atomic E-state index is 11.4. The van der Waals surface area contributed by atoms with Crippen molar-refractivity contribution in [2.45, 2.75) is 13.0 Å². The van der Waals surface area contributed by atoms with Gasteiger partial charge < -0.3 is 10.6 Å². The maximum absolute atomic E-state index is 11.4. The summed E-state index contributed by atoms with van der Waals surface area (Å²) in [6.45, 7) is 2.10. The fraction of sp³-hybridized carbons (Fsp3) is 0.286. The predicted octanol–water partition coefficient (Wildman–Crippen LogP) is 1.51. The average Bonchev–Trinajstić information content (AvgIpc) is 2.95. The van der Waals surface area contributed by atoms with Crippen LogP contribution in [0.3, 0.4) is 0 Å². The van der Waals surface area contributed by atoms with Crippen molar-refractivity contribution in [2.24, 2.45) is 0 Å². The Bertz CT molecular complexity index is 559. The van der Waals surface area contributed by atoms with Gasteiger partial charge in [0.15, 0.2) is 5.69 Å². The Balaban J connectivity index is 2.22. The van der Waals surface area contributed by atoms with E-state index in [2.05, 4.69) is 34.8 Å². The van der Waals surface area contributed by atoms with Crippen LogP contribution in [0.1, 0.15) is 29.0 Å². The molecular formula is C14H18N4O. The number of benzene rings is 1. The van der Waals surface area contributed by atoms with Gasteiger partial charge in [0.05, 0.1) is 5.69 Å². The number of carbonyl (C=O) groups is 1. The smallest absolute Gasteiger partial charge is 0.271 e. The van der Waals surface area contributed by atoms with Gasteiger partial charge in [-0.2, -0.15) is 5.10 Å². The normalized spacial score (nSPS) is 12.2. The molecule has 0 bridgehead atoms. The second-order valence-electron chi connectivity index (χ2n) is 4.33. The first-order chi connectivity index (χ1) is 9.15. The number of amides is 1. The van der Waals surface area contributed by atoms with Crippen molar-refractivity contribution in [3.8, 4) is 5.69 Å². The van der Waals surface area contributed by atoms with E-state index in [-0.39, 0.29) is 5.91 Å². The van der Waals surface area contributed by atoms with E-state index >= 15 is 0 Å². The Morgan fingerprint density at radius 3 is 2.47 bits per heavy atom. The van der Waals surface area contributed by atoms with Gasteiger partial charge in [-0.05, 0) is 37.7 Å². The van der Waals surface area contributed by atoms with E-state index in [1.807, 2.05) is 19.2 Å².